The molecular formula is C15H22N4OS. The van der Waals surface area contributed by atoms with Crippen LogP contribution < -0.4 is 5.43 Å². The molecule has 2 rings (SSSR count). The number of hydrogen-bond acceptors (Lipinski definition) is 5. The highest BCUT2D eigenvalue weighted by Gasteiger charge is 2.13. The molecule has 1 fully saturated rings. The van der Waals surface area contributed by atoms with Crippen LogP contribution in [0.3, 0.4) is 0 Å². The van der Waals surface area contributed by atoms with E-state index in [9.17, 15) is 4.79 Å². The van der Waals surface area contributed by atoms with E-state index in [0.29, 0.717) is 5.16 Å². The van der Waals surface area contributed by atoms with E-state index in [0.717, 1.165) is 35.9 Å². The summed E-state index contributed by atoms with van der Waals surface area (Å²) >= 11 is 1.34. The third kappa shape index (κ3) is 5.46. The molecule has 0 bridgehead atoms. The summed E-state index contributed by atoms with van der Waals surface area (Å²) in [5, 5.41) is 4.87. The molecule has 0 spiro atoms. The van der Waals surface area contributed by atoms with E-state index in [4.69, 9.17) is 0 Å². The van der Waals surface area contributed by atoms with Crippen LogP contribution in [0.15, 0.2) is 16.3 Å². The Balaban J connectivity index is 1.78. The summed E-state index contributed by atoms with van der Waals surface area (Å²) in [6.07, 6.45) is 4.32. The smallest absolute Gasteiger partial charge is 0.250 e. The SMILES string of the molecule is Cc1cc(C)nc(SCC(=O)NN=C2CCC(C)CC2)n1. The first kappa shape index (κ1) is 15.9. The second kappa shape index (κ2) is 7.54. The summed E-state index contributed by atoms with van der Waals surface area (Å²) in [5.41, 5.74) is 5.58. The van der Waals surface area contributed by atoms with E-state index in [1.807, 2.05) is 19.9 Å². The summed E-state index contributed by atoms with van der Waals surface area (Å²) in [5.74, 6) is 0.960. The topological polar surface area (TPSA) is 67.2 Å². The van der Waals surface area contributed by atoms with Crippen molar-refractivity contribution in [3.8, 4) is 0 Å². The lowest BCUT2D eigenvalue weighted by atomic mass is 9.90. The molecule has 0 unspecified atom stereocenters. The third-order valence-electron chi connectivity index (χ3n) is 3.48. The quantitative estimate of drug-likeness (QED) is 0.527. The number of carbonyl (C=O) groups excluding carboxylic acids is 1. The minimum atomic E-state index is -0.103. The van der Waals surface area contributed by atoms with Gasteiger partial charge in [0, 0.05) is 17.1 Å². The van der Waals surface area contributed by atoms with Crippen molar-refractivity contribution in [2.45, 2.75) is 51.6 Å². The lowest BCUT2D eigenvalue weighted by Gasteiger charge is -2.18. The van der Waals surface area contributed by atoms with Gasteiger partial charge in [-0.05, 0) is 51.5 Å². The molecule has 1 aliphatic rings. The molecule has 0 aliphatic heterocycles. The van der Waals surface area contributed by atoms with Gasteiger partial charge in [0.2, 0.25) is 0 Å². The molecule has 1 saturated carbocycles. The molecule has 1 aromatic heterocycles. The van der Waals surface area contributed by atoms with Crippen LogP contribution in [0, 0.1) is 19.8 Å². The highest BCUT2D eigenvalue weighted by atomic mass is 32.2. The zero-order valence-electron chi connectivity index (χ0n) is 12.8. The van der Waals surface area contributed by atoms with E-state index in [1.54, 1.807) is 0 Å². The van der Waals surface area contributed by atoms with Gasteiger partial charge in [-0.25, -0.2) is 15.4 Å². The molecule has 1 heterocycles. The number of aryl methyl sites for hydroxylation is 2. The molecule has 0 radical (unpaired) electrons. The number of aromatic nitrogens is 2. The summed E-state index contributed by atoms with van der Waals surface area (Å²) in [6, 6.07) is 1.92. The van der Waals surface area contributed by atoms with E-state index in [2.05, 4.69) is 27.4 Å². The maximum Gasteiger partial charge on any atom is 0.250 e. The Kier molecular flexibility index (Phi) is 5.73. The molecule has 1 aromatic rings. The summed E-state index contributed by atoms with van der Waals surface area (Å²) in [7, 11) is 0. The van der Waals surface area contributed by atoms with Gasteiger partial charge in [-0.15, -0.1) is 0 Å². The Bertz CT molecular complexity index is 514. The van der Waals surface area contributed by atoms with Crippen molar-refractivity contribution < 1.29 is 4.79 Å². The Morgan fingerprint density at radius 2 is 1.95 bits per heavy atom. The Morgan fingerprint density at radius 3 is 2.57 bits per heavy atom. The number of hydrazone groups is 1. The van der Waals surface area contributed by atoms with Gasteiger partial charge in [0.1, 0.15) is 0 Å². The van der Waals surface area contributed by atoms with Crippen molar-refractivity contribution in [3.63, 3.8) is 0 Å². The van der Waals surface area contributed by atoms with Gasteiger partial charge in [-0.1, -0.05) is 18.7 Å². The van der Waals surface area contributed by atoms with Crippen molar-refractivity contribution in [3.05, 3.63) is 17.5 Å². The molecule has 1 amide bonds. The first-order valence-corrected chi connectivity index (χ1v) is 8.31. The van der Waals surface area contributed by atoms with Crippen molar-refractivity contribution in [1.29, 1.82) is 0 Å². The molecule has 0 atom stereocenters. The van der Waals surface area contributed by atoms with E-state index >= 15 is 0 Å². The average Bonchev–Trinajstić information content (AvgIpc) is 2.43. The molecular weight excluding hydrogens is 284 g/mol. The fourth-order valence-corrected chi connectivity index (χ4v) is 3.01. The highest BCUT2D eigenvalue weighted by Crippen LogP contribution is 2.21. The first-order chi connectivity index (χ1) is 10.0. The van der Waals surface area contributed by atoms with Gasteiger partial charge < -0.3 is 0 Å². The number of carbonyl (C=O) groups is 1. The van der Waals surface area contributed by atoms with Crippen LogP contribution in [0.2, 0.25) is 0 Å². The minimum absolute atomic E-state index is 0.103. The minimum Gasteiger partial charge on any atom is -0.272 e. The van der Waals surface area contributed by atoms with Crippen LogP contribution in [-0.4, -0.2) is 27.3 Å². The van der Waals surface area contributed by atoms with Gasteiger partial charge in [0.15, 0.2) is 5.16 Å². The highest BCUT2D eigenvalue weighted by molar-refractivity contribution is 7.99. The largest absolute Gasteiger partial charge is 0.272 e. The Hall–Kier alpha value is -1.43. The number of hydrogen-bond donors (Lipinski definition) is 1. The lowest BCUT2D eigenvalue weighted by molar-refractivity contribution is -0.118. The van der Waals surface area contributed by atoms with Crippen molar-refractivity contribution in [2.75, 3.05) is 5.75 Å². The number of nitrogens with zero attached hydrogens (tertiary/aromatic N) is 3. The van der Waals surface area contributed by atoms with Crippen molar-refractivity contribution in [2.24, 2.45) is 11.0 Å². The van der Waals surface area contributed by atoms with Crippen LogP contribution in [0.25, 0.3) is 0 Å². The third-order valence-corrected chi connectivity index (χ3v) is 4.33. The van der Waals surface area contributed by atoms with Gasteiger partial charge in [0.05, 0.1) is 5.75 Å². The second-order valence-corrected chi connectivity index (χ2v) is 6.56. The first-order valence-electron chi connectivity index (χ1n) is 7.32. The lowest BCUT2D eigenvalue weighted by Crippen LogP contribution is -2.23. The zero-order chi connectivity index (χ0) is 15.2. The standard InChI is InChI=1S/C15H22N4OS/c1-10-4-6-13(7-5-10)18-19-14(20)9-21-15-16-11(2)8-12(3)17-15/h8,10H,4-7,9H2,1-3H3,(H,19,20). The normalized spacial score (nSPS) is 18.4. The molecule has 114 valence electrons. The molecule has 5 nitrogen and oxygen atoms in total. The van der Waals surface area contributed by atoms with Crippen LogP contribution in [0.1, 0.15) is 44.0 Å². The maximum absolute atomic E-state index is 11.8. The van der Waals surface area contributed by atoms with E-state index < -0.39 is 0 Å². The predicted molar refractivity (Wildman–Crippen MR) is 85.4 cm³/mol. The van der Waals surface area contributed by atoms with Gasteiger partial charge in [-0.2, -0.15) is 5.10 Å². The van der Waals surface area contributed by atoms with Crippen LogP contribution in [0.4, 0.5) is 0 Å². The Labute approximate surface area is 130 Å². The number of thioether (sulfide) groups is 1. The molecule has 0 saturated heterocycles. The predicted octanol–water partition coefficient (Wildman–Crippen LogP) is 2.87. The number of amides is 1. The molecule has 21 heavy (non-hydrogen) atoms. The fourth-order valence-electron chi connectivity index (χ4n) is 2.27. The number of nitrogens with one attached hydrogen (secondary N) is 1. The maximum atomic E-state index is 11.8. The summed E-state index contributed by atoms with van der Waals surface area (Å²) in [6.45, 7) is 6.11. The van der Waals surface area contributed by atoms with Crippen LogP contribution in [-0.2, 0) is 4.79 Å². The molecule has 6 heteroatoms. The van der Waals surface area contributed by atoms with Crippen LogP contribution in [0.5, 0.6) is 0 Å². The van der Waals surface area contributed by atoms with E-state index in [-0.39, 0.29) is 11.7 Å². The summed E-state index contributed by atoms with van der Waals surface area (Å²) in [4.78, 5) is 20.4. The van der Waals surface area contributed by atoms with Gasteiger partial charge >= 0.3 is 0 Å². The van der Waals surface area contributed by atoms with Gasteiger partial charge in [0.25, 0.3) is 5.91 Å². The zero-order valence-corrected chi connectivity index (χ0v) is 13.7. The van der Waals surface area contributed by atoms with E-state index in [1.165, 1.54) is 24.6 Å². The second-order valence-electron chi connectivity index (χ2n) is 5.62. The molecule has 1 aliphatic carbocycles. The molecule has 0 aromatic carbocycles. The number of rotatable bonds is 4. The molecule has 1 N–H and O–H groups in total. The fraction of sp³-hybridized carbons (Fsp3) is 0.600. The average molecular weight is 306 g/mol. The summed E-state index contributed by atoms with van der Waals surface area (Å²) < 4.78 is 0. The Morgan fingerprint density at radius 1 is 1.33 bits per heavy atom. The van der Waals surface area contributed by atoms with Crippen LogP contribution >= 0.6 is 11.8 Å². The van der Waals surface area contributed by atoms with Crippen molar-refractivity contribution in [1.82, 2.24) is 15.4 Å². The monoisotopic (exact) mass is 306 g/mol. The van der Waals surface area contributed by atoms with Crippen molar-refractivity contribution >= 4 is 23.4 Å². The van der Waals surface area contributed by atoms with Gasteiger partial charge in [-0.3, -0.25) is 4.79 Å².